The van der Waals surface area contributed by atoms with E-state index < -0.39 is 0 Å². The molecule has 0 aliphatic carbocycles. The zero-order valence-electron chi connectivity index (χ0n) is 11.4. The van der Waals surface area contributed by atoms with Crippen molar-refractivity contribution in [2.75, 3.05) is 19.4 Å². The maximum absolute atomic E-state index is 12.0. The van der Waals surface area contributed by atoms with Crippen LogP contribution in [0.2, 0.25) is 0 Å². The van der Waals surface area contributed by atoms with Crippen molar-refractivity contribution in [2.45, 2.75) is 13.3 Å². The lowest BCUT2D eigenvalue weighted by Crippen LogP contribution is -2.29. The Balaban J connectivity index is 2.12. The third-order valence-corrected chi connectivity index (χ3v) is 3.76. The molecular formula is C14H16N2O3S. The Bertz CT molecular complexity index is 570. The fraction of sp³-hybridized carbons (Fsp3) is 0.357. The van der Waals surface area contributed by atoms with E-state index in [-0.39, 0.29) is 18.1 Å². The van der Waals surface area contributed by atoms with Crippen LogP contribution in [0.1, 0.15) is 22.8 Å². The number of amides is 1. The minimum Gasteiger partial charge on any atom is -0.496 e. The quantitative estimate of drug-likeness (QED) is 0.857. The Labute approximate surface area is 121 Å². The second-order valence-electron chi connectivity index (χ2n) is 4.34. The summed E-state index contributed by atoms with van der Waals surface area (Å²) >= 11 is 1.53. The van der Waals surface area contributed by atoms with Crippen molar-refractivity contribution in [3.05, 3.63) is 29.3 Å². The van der Waals surface area contributed by atoms with Gasteiger partial charge < -0.3 is 10.1 Å². The number of hydrogen-bond acceptors (Lipinski definition) is 5. The first kappa shape index (κ1) is 14.6. The van der Waals surface area contributed by atoms with Crippen LogP contribution in [0.15, 0.2) is 23.2 Å². The van der Waals surface area contributed by atoms with Crippen molar-refractivity contribution in [2.24, 2.45) is 4.99 Å². The number of carbonyl (C=O) groups excluding carboxylic acids is 2. The summed E-state index contributed by atoms with van der Waals surface area (Å²) in [4.78, 5) is 27.5. The Morgan fingerprint density at radius 2 is 2.25 bits per heavy atom. The number of nitrogens with zero attached hydrogens (tertiary/aromatic N) is 1. The first-order valence-corrected chi connectivity index (χ1v) is 7.23. The second kappa shape index (κ2) is 6.56. The molecular weight excluding hydrogens is 276 g/mol. The molecule has 0 aromatic heterocycles. The molecule has 0 saturated carbocycles. The van der Waals surface area contributed by atoms with Gasteiger partial charge in [0.1, 0.15) is 5.75 Å². The van der Waals surface area contributed by atoms with Gasteiger partial charge in [-0.2, -0.15) is 0 Å². The van der Waals surface area contributed by atoms with Crippen LogP contribution in [-0.2, 0) is 11.2 Å². The lowest BCUT2D eigenvalue weighted by atomic mass is 10.0. The highest BCUT2D eigenvalue weighted by molar-refractivity contribution is 8.14. The highest BCUT2D eigenvalue weighted by Gasteiger charge is 2.14. The predicted molar refractivity (Wildman–Crippen MR) is 79.6 cm³/mol. The molecule has 1 amide bonds. The smallest absolute Gasteiger partial charge is 0.230 e. The Hall–Kier alpha value is -1.82. The summed E-state index contributed by atoms with van der Waals surface area (Å²) in [5.41, 5.74) is 1.27. The zero-order chi connectivity index (χ0) is 14.5. The number of carbonyl (C=O) groups is 2. The summed E-state index contributed by atoms with van der Waals surface area (Å²) < 4.78 is 5.22. The summed E-state index contributed by atoms with van der Waals surface area (Å²) in [6, 6.07) is 5.10. The first-order valence-electron chi connectivity index (χ1n) is 6.25. The molecule has 106 valence electrons. The van der Waals surface area contributed by atoms with Crippen molar-refractivity contribution in [1.82, 2.24) is 5.32 Å². The Morgan fingerprint density at radius 1 is 1.45 bits per heavy atom. The molecule has 1 N–H and O–H groups in total. The van der Waals surface area contributed by atoms with Gasteiger partial charge in [-0.25, -0.2) is 0 Å². The molecule has 0 spiro atoms. The molecule has 0 fully saturated rings. The van der Waals surface area contributed by atoms with Crippen LogP contribution in [-0.4, -0.2) is 36.3 Å². The van der Waals surface area contributed by atoms with Crippen molar-refractivity contribution < 1.29 is 14.3 Å². The molecule has 1 aromatic rings. The first-order chi connectivity index (χ1) is 9.60. The van der Waals surface area contributed by atoms with Crippen LogP contribution in [0.5, 0.6) is 5.75 Å². The largest absolute Gasteiger partial charge is 0.496 e. The molecule has 6 heteroatoms. The third-order valence-electron chi connectivity index (χ3n) is 2.87. The lowest BCUT2D eigenvalue weighted by Gasteiger charge is -2.10. The van der Waals surface area contributed by atoms with Crippen LogP contribution < -0.4 is 10.1 Å². The van der Waals surface area contributed by atoms with Crippen molar-refractivity contribution in [3.63, 3.8) is 0 Å². The van der Waals surface area contributed by atoms with Gasteiger partial charge in [0.15, 0.2) is 11.0 Å². The number of Topliss-reactive ketones (excluding diaryl/α,β-unsaturated/α-hetero) is 1. The fourth-order valence-corrected chi connectivity index (χ4v) is 2.63. The molecule has 0 bridgehead atoms. The van der Waals surface area contributed by atoms with E-state index in [0.29, 0.717) is 22.0 Å². The van der Waals surface area contributed by atoms with E-state index in [1.54, 1.807) is 25.3 Å². The SMILES string of the molecule is COc1ccc(C(C)=O)cc1CC(=O)NC1=NCCS1. The zero-order valence-corrected chi connectivity index (χ0v) is 12.3. The number of aliphatic imine (C=N–C) groups is 1. The standard InChI is InChI=1S/C14H16N2O3S/c1-9(17)10-3-4-12(19-2)11(7-10)8-13(18)16-14-15-5-6-20-14/h3-4,7H,5-6,8H2,1-2H3,(H,15,16,18). The van der Waals surface area contributed by atoms with Crippen molar-refractivity contribution in [1.29, 1.82) is 0 Å². The van der Waals surface area contributed by atoms with Crippen LogP contribution in [0.3, 0.4) is 0 Å². The van der Waals surface area contributed by atoms with Gasteiger partial charge in [-0.3, -0.25) is 14.6 Å². The molecule has 0 radical (unpaired) electrons. The molecule has 1 aromatic carbocycles. The maximum Gasteiger partial charge on any atom is 0.230 e. The number of ketones is 1. The Kier molecular flexibility index (Phi) is 4.79. The van der Waals surface area contributed by atoms with Gasteiger partial charge in [0.2, 0.25) is 5.91 Å². The van der Waals surface area contributed by atoms with E-state index in [1.165, 1.54) is 18.7 Å². The van der Waals surface area contributed by atoms with Gasteiger partial charge in [0.05, 0.1) is 20.1 Å². The monoisotopic (exact) mass is 292 g/mol. The highest BCUT2D eigenvalue weighted by atomic mass is 32.2. The van der Waals surface area contributed by atoms with Gasteiger partial charge in [0, 0.05) is 16.9 Å². The van der Waals surface area contributed by atoms with Gasteiger partial charge in [-0.05, 0) is 25.1 Å². The number of methoxy groups -OCH3 is 1. The summed E-state index contributed by atoms with van der Waals surface area (Å²) in [5, 5.41) is 3.42. The van der Waals surface area contributed by atoms with Crippen LogP contribution >= 0.6 is 11.8 Å². The topological polar surface area (TPSA) is 67.8 Å². The highest BCUT2D eigenvalue weighted by Crippen LogP contribution is 2.21. The van der Waals surface area contributed by atoms with Gasteiger partial charge in [-0.1, -0.05) is 11.8 Å². The minimum atomic E-state index is -0.155. The average molecular weight is 292 g/mol. The van der Waals surface area contributed by atoms with Crippen molar-refractivity contribution >= 4 is 28.6 Å². The Morgan fingerprint density at radius 3 is 2.85 bits per heavy atom. The predicted octanol–water partition coefficient (Wildman–Crippen LogP) is 1.66. The number of rotatable bonds is 4. The summed E-state index contributed by atoms with van der Waals surface area (Å²) in [6.45, 7) is 2.24. The van der Waals surface area contributed by atoms with Crippen LogP contribution in [0.25, 0.3) is 0 Å². The third kappa shape index (κ3) is 3.60. The molecule has 5 nitrogen and oxygen atoms in total. The van der Waals surface area contributed by atoms with E-state index in [2.05, 4.69) is 10.3 Å². The van der Waals surface area contributed by atoms with Crippen LogP contribution in [0.4, 0.5) is 0 Å². The lowest BCUT2D eigenvalue weighted by molar-refractivity contribution is -0.119. The van der Waals surface area contributed by atoms with Gasteiger partial charge >= 0.3 is 0 Å². The minimum absolute atomic E-state index is 0.0370. The number of benzene rings is 1. The van der Waals surface area contributed by atoms with Crippen molar-refractivity contribution in [3.8, 4) is 5.75 Å². The van der Waals surface area contributed by atoms with E-state index in [4.69, 9.17) is 4.74 Å². The molecule has 1 aliphatic rings. The number of hydrogen-bond donors (Lipinski definition) is 1. The number of thioether (sulfide) groups is 1. The summed E-state index contributed by atoms with van der Waals surface area (Å²) in [6.07, 6.45) is 0.157. The maximum atomic E-state index is 12.0. The van der Waals surface area contributed by atoms with E-state index in [9.17, 15) is 9.59 Å². The number of ether oxygens (including phenoxy) is 1. The summed E-state index contributed by atoms with van der Waals surface area (Å²) in [7, 11) is 1.54. The molecule has 0 unspecified atom stereocenters. The van der Waals surface area contributed by atoms with Gasteiger partial charge in [-0.15, -0.1) is 0 Å². The second-order valence-corrected chi connectivity index (χ2v) is 5.43. The molecule has 20 heavy (non-hydrogen) atoms. The molecule has 2 rings (SSSR count). The normalized spacial score (nSPS) is 13.8. The number of nitrogens with one attached hydrogen (secondary N) is 1. The van der Waals surface area contributed by atoms with E-state index in [0.717, 1.165) is 12.3 Å². The fourth-order valence-electron chi connectivity index (χ4n) is 1.88. The van der Waals surface area contributed by atoms with Crippen LogP contribution in [0, 0.1) is 0 Å². The number of amidine groups is 1. The molecule has 0 saturated heterocycles. The molecule has 1 aliphatic heterocycles. The van der Waals surface area contributed by atoms with E-state index >= 15 is 0 Å². The summed E-state index contributed by atoms with van der Waals surface area (Å²) in [5.74, 6) is 1.31. The van der Waals surface area contributed by atoms with E-state index in [1.807, 2.05) is 0 Å². The molecule has 0 atom stereocenters. The average Bonchev–Trinajstić information content (AvgIpc) is 2.91. The van der Waals surface area contributed by atoms with Gasteiger partial charge in [0.25, 0.3) is 0 Å². The molecule has 1 heterocycles.